The minimum atomic E-state index is -1.07. The molecule has 1 amide bonds. The van der Waals surface area contributed by atoms with E-state index in [0.717, 1.165) is 11.3 Å². The Morgan fingerprint density at radius 2 is 2.12 bits per heavy atom. The molecule has 0 fully saturated rings. The van der Waals surface area contributed by atoms with E-state index in [9.17, 15) is 9.59 Å². The maximum absolute atomic E-state index is 11.4. The van der Waals surface area contributed by atoms with Gasteiger partial charge in [-0.1, -0.05) is 6.92 Å². The summed E-state index contributed by atoms with van der Waals surface area (Å²) in [7, 11) is 0. The molecular formula is C11H16N2O3S. The van der Waals surface area contributed by atoms with Crippen LogP contribution in [-0.4, -0.2) is 23.0 Å². The summed E-state index contributed by atoms with van der Waals surface area (Å²) in [4.78, 5) is 24.1. The number of nitrogens with two attached hydrogens (primary N) is 1. The van der Waals surface area contributed by atoms with Gasteiger partial charge in [0.1, 0.15) is 0 Å². The van der Waals surface area contributed by atoms with Crippen LogP contribution in [0.2, 0.25) is 0 Å². The number of rotatable bonds is 6. The van der Waals surface area contributed by atoms with Crippen molar-refractivity contribution in [2.45, 2.75) is 32.4 Å². The van der Waals surface area contributed by atoms with Gasteiger partial charge in [-0.3, -0.25) is 9.59 Å². The third-order valence-corrected chi connectivity index (χ3v) is 3.46. The maximum Gasteiger partial charge on any atom is 0.305 e. The molecule has 1 unspecified atom stereocenters. The second-order valence-electron chi connectivity index (χ2n) is 3.64. The van der Waals surface area contributed by atoms with E-state index >= 15 is 0 Å². The SMILES string of the molecule is CCc1ccc(CNC(=O)C(N)CC(=O)O)s1. The van der Waals surface area contributed by atoms with Crippen LogP contribution in [0.5, 0.6) is 0 Å². The fourth-order valence-corrected chi connectivity index (χ4v) is 2.19. The summed E-state index contributed by atoms with van der Waals surface area (Å²) in [5, 5.41) is 11.1. The molecule has 94 valence electrons. The number of nitrogens with one attached hydrogen (secondary N) is 1. The molecule has 1 aromatic heterocycles. The van der Waals surface area contributed by atoms with Crippen molar-refractivity contribution in [3.05, 3.63) is 21.9 Å². The standard InChI is InChI=1S/C11H16N2O3S/c1-2-7-3-4-8(17-7)6-13-11(16)9(12)5-10(14)15/h3-4,9H,2,5-6,12H2,1H3,(H,13,16)(H,14,15). The fraction of sp³-hybridized carbons (Fsp3) is 0.455. The molecule has 17 heavy (non-hydrogen) atoms. The fourth-order valence-electron chi connectivity index (χ4n) is 1.29. The van der Waals surface area contributed by atoms with Crippen LogP contribution in [0.15, 0.2) is 12.1 Å². The van der Waals surface area contributed by atoms with Crippen LogP contribution in [0.4, 0.5) is 0 Å². The van der Waals surface area contributed by atoms with Crippen LogP contribution in [-0.2, 0) is 22.6 Å². The number of aliphatic carboxylic acids is 1. The van der Waals surface area contributed by atoms with Crippen LogP contribution >= 0.6 is 11.3 Å². The van der Waals surface area contributed by atoms with Crippen molar-refractivity contribution in [3.8, 4) is 0 Å². The van der Waals surface area contributed by atoms with E-state index in [1.165, 1.54) is 4.88 Å². The molecule has 6 heteroatoms. The lowest BCUT2D eigenvalue weighted by atomic mass is 10.2. The number of hydrogen-bond donors (Lipinski definition) is 3. The summed E-state index contributed by atoms with van der Waals surface area (Å²) in [6.07, 6.45) is 0.619. The third kappa shape index (κ3) is 4.54. The first-order valence-corrected chi connectivity index (χ1v) is 6.17. The van der Waals surface area contributed by atoms with Gasteiger partial charge in [-0.15, -0.1) is 11.3 Å². The van der Waals surface area contributed by atoms with E-state index in [1.807, 2.05) is 12.1 Å². The van der Waals surface area contributed by atoms with Crippen molar-refractivity contribution in [2.75, 3.05) is 0 Å². The summed E-state index contributed by atoms with van der Waals surface area (Å²) in [5.74, 6) is -1.50. The first kappa shape index (κ1) is 13.7. The Morgan fingerprint density at radius 1 is 1.47 bits per heavy atom. The largest absolute Gasteiger partial charge is 0.481 e. The monoisotopic (exact) mass is 256 g/mol. The minimum Gasteiger partial charge on any atom is -0.481 e. The van der Waals surface area contributed by atoms with E-state index in [4.69, 9.17) is 10.8 Å². The smallest absolute Gasteiger partial charge is 0.305 e. The summed E-state index contributed by atoms with van der Waals surface area (Å²) in [6, 6.07) is 2.98. The number of aryl methyl sites for hydroxylation is 1. The van der Waals surface area contributed by atoms with E-state index in [2.05, 4.69) is 12.2 Å². The lowest BCUT2D eigenvalue weighted by Crippen LogP contribution is -2.41. The number of carbonyl (C=O) groups is 2. The lowest BCUT2D eigenvalue weighted by Gasteiger charge is -2.08. The Morgan fingerprint density at radius 3 is 2.65 bits per heavy atom. The Hall–Kier alpha value is -1.40. The Kier molecular flexibility index (Phi) is 5.11. The number of carbonyl (C=O) groups excluding carboxylic acids is 1. The number of carboxylic acid groups (broad SMARTS) is 1. The molecule has 0 saturated carbocycles. The zero-order valence-electron chi connectivity index (χ0n) is 9.60. The highest BCUT2D eigenvalue weighted by molar-refractivity contribution is 7.11. The molecule has 0 spiro atoms. The zero-order valence-corrected chi connectivity index (χ0v) is 10.4. The average Bonchev–Trinajstić information content (AvgIpc) is 2.72. The summed E-state index contributed by atoms with van der Waals surface area (Å²) in [6.45, 7) is 2.47. The van der Waals surface area contributed by atoms with Crippen LogP contribution in [0.3, 0.4) is 0 Å². The topological polar surface area (TPSA) is 92.4 Å². The van der Waals surface area contributed by atoms with Gasteiger partial charge in [0, 0.05) is 9.75 Å². The van der Waals surface area contributed by atoms with Crippen molar-refractivity contribution in [1.82, 2.24) is 5.32 Å². The van der Waals surface area contributed by atoms with Gasteiger partial charge < -0.3 is 16.2 Å². The summed E-state index contributed by atoms with van der Waals surface area (Å²) >= 11 is 1.63. The van der Waals surface area contributed by atoms with Crippen molar-refractivity contribution < 1.29 is 14.7 Å². The van der Waals surface area contributed by atoms with E-state index in [1.54, 1.807) is 11.3 Å². The first-order chi connectivity index (χ1) is 8.02. The summed E-state index contributed by atoms with van der Waals surface area (Å²) < 4.78 is 0. The molecule has 0 aliphatic rings. The van der Waals surface area contributed by atoms with Gasteiger partial charge in [0.15, 0.2) is 0 Å². The summed E-state index contributed by atoms with van der Waals surface area (Å²) in [5.41, 5.74) is 5.42. The van der Waals surface area contributed by atoms with Gasteiger partial charge in [0.2, 0.25) is 5.91 Å². The molecule has 0 aromatic carbocycles. The van der Waals surface area contributed by atoms with Gasteiger partial charge in [-0.25, -0.2) is 0 Å². The van der Waals surface area contributed by atoms with Crippen molar-refractivity contribution >= 4 is 23.2 Å². The van der Waals surface area contributed by atoms with Gasteiger partial charge >= 0.3 is 5.97 Å². The predicted octanol–water partition coefficient (Wildman–Crippen LogP) is 0.729. The molecule has 0 radical (unpaired) electrons. The predicted molar refractivity (Wildman–Crippen MR) is 65.8 cm³/mol. The molecule has 1 atom stereocenters. The maximum atomic E-state index is 11.4. The number of carboxylic acids is 1. The average molecular weight is 256 g/mol. The van der Waals surface area contributed by atoms with Crippen LogP contribution in [0.1, 0.15) is 23.1 Å². The number of amides is 1. The number of hydrogen-bond acceptors (Lipinski definition) is 4. The van der Waals surface area contributed by atoms with Gasteiger partial charge in [0.05, 0.1) is 19.0 Å². The molecule has 0 aliphatic carbocycles. The molecule has 0 saturated heterocycles. The molecule has 1 heterocycles. The second kappa shape index (κ2) is 6.36. The van der Waals surface area contributed by atoms with E-state index in [-0.39, 0.29) is 6.42 Å². The number of thiophene rings is 1. The molecule has 4 N–H and O–H groups in total. The molecule has 1 rings (SSSR count). The molecule has 0 aliphatic heterocycles. The highest BCUT2D eigenvalue weighted by Crippen LogP contribution is 2.16. The van der Waals surface area contributed by atoms with Crippen molar-refractivity contribution in [1.29, 1.82) is 0 Å². The van der Waals surface area contributed by atoms with Gasteiger partial charge in [0.25, 0.3) is 0 Å². The van der Waals surface area contributed by atoms with Gasteiger partial charge in [-0.2, -0.15) is 0 Å². The van der Waals surface area contributed by atoms with Crippen LogP contribution < -0.4 is 11.1 Å². The van der Waals surface area contributed by atoms with Crippen LogP contribution in [0.25, 0.3) is 0 Å². The molecule has 5 nitrogen and oxygen atoms in total. The highest BCUT2D eigenvalue weighted by Gasteiger charge is 2.16. The molecule has 1 aromatic rings. The van der Waals surface area contributed by atoms with Gasteiger partial charge in [-0.05, 0) is 18.6 Å². The minimum absolute atomic E-state index is 0.351. The van der Waals surface area contributed by atoms with Crippen molar-refractivity contribution in [3.63, 3.8) is 0 Å². The third-order valence-electron chi connectivity index (χ3n) is 2.23. The lowest BCUT2D eigenvalue weighted by molar-refractivity contribution is -0.139. The Bertz CT molecular complexity index is 403. The quantitative estimate of drug-likeness (QED) is 0.699. The Labute approximate surface area is 104 Å². The van der Waals surface area contributed by atoms with E-state index < -0.39 is 17.9 Å². The van der Waals surface area contributed by atoms with E-state index in [0.29, 0.717) is 6.54 Å². The van der Waals surface area contributed by atoms with Crippen LogP contribution in [0, 0.1) is 0 Å². The first-order valence-electron chi connectivity index (χ1n) is 5.35. The molecule has 0 bridgehead atoms. The highest BCUT2D eigenvalue weighted by atomic mass is 32.1. The second-order valence-corrected chi connectivity index (χ2v) is 4.90. The Balaban J connectivity index is 2.39. The van der Waals surface area contributed by atoms with Crippen molar-refractivity contribution in [2.24, 2.45) is 5.73 Å². The normalized spacial score (nSPS) is 12.1. The zero-order chi connectivity index (χ0) is 12.8. The molecular weight excluding hydrogens is 240 g/mol.